The van der Waals surface area contributed by atoms with Gasteiger partial charge in [0.1, 0.15) is 11.6 Å². The number of primary amides is 1. The topological polar surface area (TPSA) is 84.7 Å². The van der Waals surface area contributed by atoms with Crippen molar-refractivity contribution in [2.75, 3.05) is 18.0 Å². The van der Waals surface area contributed by atoms with Gasteiger partial charge in [0, 0.05) is 6.04 Å². The van der Waals surface area contributed by atoms with Crippen molar-refractivity contribution < 1.29 is 18.7 Å². The molecule has 2 atom stereocenters. The lowest BCUT2D eigenvalue weighted by Crippen LogP contribution is -2.51. The predicted molar refractivity (Wildman–Crippen MR) is 104 cm³/mol. The maximum Gasteiger partial charge on any atom is 0.260 e. The molecule has 0 bridgehead atoms. The highest BCUT2D eigenvalue weighted by Crippen LogP contribution is 2.33. The van der Waals surface area contributed by atoms with E-state index in [1.807, 2.05) is 13.8 Å². The minimum atomic E-state index is -0.892. The van der Waals surface area contributed by atoms with Crippen molar-refractivity contribution in [3.8, 4) is 5.75 Å². The van der Waals surface area contributed by atoms with Crippen molar-refractivity contribution in [2.24, 2.45) is 11.7 Å². The first-order valence-electron chi connectivity index (χ1n) is 9.21. The lowest BCUT2D eigenvalue weighted by atomic mass is 9.96. The molecule has 0 aromatic heterocycles. The van der Waals surface area contributed by atoms with Crippen molar-refractivity contribution in [1.82, 2.24) is 5.32 Å². The predicted octanol–water partition coefficient (Wildman–Crippen LogP) is 2.39. The molecule has 2 amide bonds. The summed E-state index contributed by atoms with van der Waals surface area (Å²) in [5, 5.41) is 3.26. The second-order valence-corrected chi connectivity index (χ2v) is 7.14. The quantitative estimate of drug-likeness (QED) is 0.800. The van der Waals surface area contributed by atoms with E-state index in [4.69, 9.17) is 10.5 Å². The molecule has 1 aliphatic rings. The highest BCUT2D eigenvalue weighted by molar-refractivity contribution is 5.98. The van der Waals surface area contributed by atoms with Gasteiger partial charge in [-0.1, -0.05) is 38.1 Å². The molecule has 0 saturated heterocycles. The van der Waals surface area contributed by atoms with Gasteiger partial charge >= 0.3 is 0 Å². The smallest absolute Gasteiger partial charge is 0.260 e. The molecule has 0 fully saturated rings. The Bertz CT molecular complexity index is 854. The van der Waals surface area contributed by atoms with Crippen LogP contribution in [0.2, 0.25) is 0 Å². The number of hydrogen-bond acceptors (Lipinski definition) is 4. The standard InChI is InChI=1S/C21H24FN3O3/c1-13(2)20(14-7-9-15(22)10-8-14)24-11-19(26)25-12-18(21(23)27)28-17-6-4-3-5-16(17)25/h3-10,13,18,20,24H,11-12H2,1-2H3,(H2,23,27)/t18-,20-/m1/s1. The summed E-state index contributed by atoms with van der Waals surface area (Å²) in [6, 6.07) is 13.2. The Morgan fingerprint density at radius 3 is 2.54 bits per heavy atom. The van der Waals surface area contributed by atoms with Gasteiger partial charge < -0.3 is 20.7 Å². The van der Waals surface area contributed by atoms with Gasteiger partial charge in [-0.2, -0.15) is 0 Å². The summed E-state index contributed by atoms with van der Waals surface area (Å²) >= 11 is 0. The van der Waals surface area contributed by atoms with Crippen LogP contribution < -0.4 is 20.7 Å². The third-order valence-corrected chi connectivity index (χ3v) is 4.76. The van der Waals surface area contributed by atoms with E-state index in [1.54, 1.807) is 36.4 Å². The first kappa shape index (κ1) is 19.8. The van der Waals surface area contributed by atoms with E-state index in [0.29, 0.717) is 11.4 Å². The zero-order valence-electron chi connectivity index (χ0n) is 15.9. The zero-order valence-corrected chi connectivity index (χ0v) is 15.9. The largest absolute Gasteiger partial charge is 0.477 e. The normalized spacial score (nSPS) is 17.0. The van der Waals surface area contributed by atoms with E-state index < -0.39 is 12.0 Å². The highest BCUT2D eigenvalue weighted by atomic mass is 19.1. The molecule has 2 aromatic carbocycles. The average Bonchev–Trinajstić information content (AvgIpc) is 2.68. The summed E-state index contributed by atoms with van der Waals surface area (Å²) in [4.78, 5) is 26.1. The van der Waals surface area contributed by atoms with Crippen LogP contribution in [0.15, 0.2) is 48.5 Å². The summed E-state index contributed by atoms with van der Waals surface area (Å²) in [6.07, 6.45) is -0.892. The van der Waals surface area contributed by atoms with Gasteiger partial charge in [-0.05, 0) is 35.7 Å². The fourth-order valence-corrected chi connectivity index (χ4v) is 3.32. The second-order valence-electron chi connectivity index (χ2n) is 7.14. The number of carbonyl (C=O) groups excluding carboxylic acids is 2. The molecule has 0 aliphatic carbocycles. The number of ether oxygens (including phenoxy) is 1. The Balaban J connectivity index is 1.75. The van der Waals surface area contributed by atoms with Crippen LogP contribution in [0.1, 0.15) is 25.5 Å². The maximum absolute atomic E-state index is 13.2. The minimum absolute atomic E-state index is 0.0556. The molecule has 148 valence electrons. The van der Waals surface area contributed by atoms with Crippen LogP contribution in [-0.2, 0) is 9.59 Å². The molecule has 1 aliphatic heterocycles. The van der Waals surface area contributed by atoms with E-state index in [-0.39, 0.29) is 36.8 Å². The van der Waals surface area contributed by atoms with Gasteiger partial charge in [0.15, 0.2) is 6.10 Å². The van der Waals surface area contributed by atoms with Gasteiger partial charge in [0.2, 0.25) is 5.91 Å². The molecular weight excluding hydrogens is 361 g/mol. The summed E-state index contributed by atoms with van der Waals surface area (Å²) in [7, 11) is 0. The van der Waals surface area contributed by atoms with Crippen molar-refractivity contribution in [2.45, 2.75) is 26.0 Å². The number of halogens is 1. The Kier molecular flexibility index (Phi) is 5.94. The van der Waals surface area contributed by atoms with E-state index >= 15 is 0 Å². The molecule has 28 heavy (non-hydrogen) atoms. The van der Waals surface area contributed by atoms with Gasteiger partial charge in [-0.25, -0.2) is 4.39 Å². The number of benzene rings is 2. The van der Waals surface area contributed by atoms with Crippen LogP contribution in [0.25, 0.3) is 0 Å². The van der Waals surface area contributed by atoms with Crippen LogP contribution in [-0.4, -0.2) is 31.0 Å². The summed E-state index contributed by atoms with van der Waals surface area (Å²) in [6.45, 7) is 4.17. The number of nitrogens with one attached hydrogen (secondary N) is 1. The molecule has 7 heteroatoms. The number of para-hydroxylation sites is 2. The number of carbonyl (C=O) groups is 2. The van der Waals surface area contributed by atoms with Gasteiger partial charge in [0.25, 0.3) is 5.91 Å². The SMILES string of the molecule is CC(C)[C@@H](NCC(=O)N1C[C@H](C(N)=O)Oc2ccccc21)c1ccc(F)cc1. The van der Waals surface area contributed by atoms with Crippen LogP contribution in [0, 0.1) is 11.7 Å². The first-order valence-corrected chi connectivity index (χ1v) is 9.21. The summed E-state index contributed by atoms with van der Waals surface area (Å²) < 4.78 is 18.8. The van der Waals surface area contributed by atoms with E-state index in [0.717, 1.165) is 5.56 Å². The highest BCUT2D eigenvalue weighted by Gasteiger charge is 2.32. The number of hydrogen-bond donors (Lipinski definition) is 2. The monoisotopic (exact) mass is 385 g/mol. The van der Waals surface area contributed by atoms with Crippen molar-refractivity contribution in [3.05, 3.63) is 59.9 Å². The molecule has 2 aromatic rings. The number of nitrogens with zero attached hydrogens (tertiary/aromatic N) is 1. The van der Waals surface area contributed by atoms with Crippen LogP contribution in [0.4, 0.5) is 10.1 Å². The molecule has 0 radical (unpaired) electrons. The number of rotatable bonds is 6. The molecule has 0 saturated carbocycles. The number of fused-ring (bicyclic) bond motifs is 1. The second kappa shape index (κ2) is 8.39. The molecule has 3 N–H and O–H groups in total. The Hall–Kier alpha value is -2.93. The number of amides is 2. The van der Waals surface area contributed by atoms with Gasteiger partial charge in [-0.15, -0.1) is 0 Å². The minimum Gasteiger partial charge on any atom is -0.477 e. The maximum atomic E-state index is 13.2. The van der Waals surface area contributed by atoms with Crippen molar-refractivity contribution in [3.63, 3.8) is 0 Å². The Labute approximate surface area is 163 Å². The number of anilines is 1. The van der Waals surface area contributed by atoms with Crippen LogP contribution in [0.3, 0.4) is 0 Å². The summed E-state index contributed by atoms with van der Waals surface area (Å²) in [5.41, 5.74) is 6.90. The third-order valence-electron chi connectivity index (χ3n) is 4.76. The van der Waals surface area contributed by atoms with Gasteiger partial charge in [-0.3, -0.25) is 9.59 Å². The number of nitrogens with two attached hydrogens (primary N) is 1. The molecule has 6 nitrogen and oxygen atoms in total. The van der Waals surface area contributed by atoms with Crippen LogP contribution in [0.5, 0.6) is 5.75 Å². The first-order chi connectivity index (χ1) is 13.4. The average molecular weight is 385 g/mol. The van der Waals surface area contributed by atoms with Crippen molar-refractivity contribution >= 4 is 17.5 Å². The van der Waals surface area contributed by atoms with E-state index in [9.17, 15) is 14.0 Å². The molecule has 3 rings (SSSR count). The van der Waals surface area contributed by atoms with Crippen molar-refractivity contribution in [1.29, 1.82) is 0 Å². The Morgan fingerprint density at radius 2 is 1.89 bits per heavy atom. The zero-order chi connectivity index (χ0) is 20.3. The third kappa shape index (κ3) is 4.31. The Morgan fingerprint density at radius 1 is 1.21 bits per heavy atom. The fraction of sp³-hybridized carbons (Fsp3) is 0.333. The van der Waals surface area contributed by atoms with Gasteiger partial charge in [0.05, 0.1) is 18.8 Å². The molecular formula is C21H24FN3O3. The lowest BCUT2D eigenvalue weighted by molar-refractivity contribution is -0.125. The fourth-order valence-electron chi connectivity index (χ4n) is 3.32. The van der Waals surface area contributed by atoms with Crippen LogP contribution >= 0.6 is 0 Å². The molecule has 0 spiro atoms. The lowest BCUT2D eigenvalue weighted by Gasteiger charge is -2.34. The molecule has 1 heterocycles. The molecule has 0 unspecified atom stereocenters. The van der Waals surface area contributed by atoms with E-state index in [1.165, 1.54) is 17.0 Å². The van der Waals surface area contributed by atoms with E-state index in [2.05, 4.69) is 5.32 Å². The summed E-state index contributed by atoms with van der Waals surface area (Å²) in [5.74, 6) is -0.482.